The number of nitrogens with zero attached hydrogens (tertiary/aromatic N) is 1. The van der Waals surface area contributed by atoms with Gasteiger partial charge in [0.2, 0.25) is 5.91 Å². The van der Waals surface area contributed by atoms with Crippen LogP contribution in [0.15, 0.2) is 18.5 Å². The number of nitrogens with one attached hydrogen (secondary N) is 2. The van der Waals surface area contributed by atoms with Crippen molar-refractivity contribution in [3.8, 4) is 5.75 Å². The third-order valence-electron chi connectivity index (χ3n) is 2.97. The molecule has 1 aromatic heterocycles. The highest BCUT2D eigenvalue weighted by Crippen LogP contribution is 2.37. The van der Waals surface area contributed by atoms with E-state index in [1.807, 2.05) is 0 Å². The van der Waals surface area contributed by atoms with E-state index in [4.69, 9.17) is 4.74 Å². The largest absolute Gasteiger partial charge is 0.504 e. The lowest BCUT2D eigenvalue weighted by molar-refractivity contribution is -0.119. The molecule has 1 aliphatic carbocycles. The second-order valence-electron chi connectivity index (χ2n) is 6.06. The molecule has 0 unspecified atom stereocenters. The molecule has 0 atom stereocenters. The molecule has 7 nitrogen and oxygen atoms in total. The molecule has 1 heterocycles. The van der Waals surface area contributed by atoms with Crippen molar-refractivity contribution in [2.75, 3.05) is 5.32 Å². The summed E-state index contributed by atoms with van der Waals surface area (Å²) in [5, 5.41) is 14.8. The molecular formula is C14H19N3O4. The minimum atomic E-state index is -0.960. The maximum Gasteiger partial charge on any atom is 0.408 e. The van der Waals surface area contributed by atoms with E-state index in [9.17, 15) is 14.7 Å². The fraction of sp³-hybridized carbons (Fsp3) is 0.500. The third kappa shape index (κ3) is 3.84. The lowest BCUT2D eigenvalue weighted by Crippen LogP contribution is -2.47. The van der Waals surface area contributed by atoms with Crippen LogP contribution >= 0.6 is 0 Å². The number of carbonyl (C=O) groups is 2. The van der Waals surface area contributed by atoms with Crippen LogP contribution < -0.4 is 10.6 Å². The minimum absolute atomic E-state index is 0.126. The number of rotatable bonds is 3. The average molecular weight is 293 g/mol. The number of anilines is 1. The SMILES string of the molecule is CC(C)(C)OC(=O)NC1(C(=O)Nc2ccncc2O)CC1. The van der Waals surface area contributed by atoms with Crippen molar-refractivity contribution in [2.24, 2.45) is 0 Å². The number of pyridine rings is 1. The first-order valence-electron chi connectivity index (χ1n) is 6.67. The smallest absolute Gasteiger partial charge is 0.408 e. The van der Waals surface area contributed by atoms with E-state index in [1.165, 1.54) is 18.5 Å². The van der Waals surface area contributed by atoms with E-state index in [0.717, 1.165) is 0 Å². The van der Waals surface area contributed by atoms with Crippen molar-refractivity contribution in [3.63, 3.8) is 0 Å². The van der Waals surface area contributed by atoms with E-state index in [-0.39, 0.29) is 17.3 Å². The number of alkyl carbamates (subject to hydrolysis) is 1. The Bertz CT molecular complexity index is 562. The number of amides is 2. The van der Waals surface area contributed by atoms with Crippen molar-refractivity contribution in [2.45, 2.75) is 44.8 Å². The zero-order chi connectivity index (χ0) is 15.7. The summed E-state index contributed by atoms with van der Waals surface area (Å²) in [7, 11) is 0. The van der Waals surface area contributed by atoms with Crippen LogP contribution in [0, 0.1) is 0 Å². The molecule has 1 fully saturated rings. The molecule has 1 aliphatic rings. The van der Waals surface area contributed by atoms with Gasteiger partial charge in [-0.2, -0.15) is 0 Å². The molecule has 0 aromatic carbocycles. The predicted octanol–water partition coefficient (Wildman–Crippen LogP) is 1.78. The Labute approximate surface area is 122 Å². The first-order valence-corrected chi connectivity index (χ1v) is 6.67. The summed E-state index contributed by atoms with van der Waals surface area (Å²) in [6.07, 6.45) is 3.12. The van der Waals surface area contributed by atoms with Gasteiger partial charge in [0.05, 0.1) is 11.9 Å². The van der Waals surface area contributed by atoms with Gasteiger partial charge in [0.15, 0.2) is 5.75 Å². The van der Waals surface area contributed by atoms with Gasteiger partial charge in [-0.05, 0) is 39.7 Å². The van der Waals surface area contributed by atoms with Crippen LogP contribution in [0.2, 0.25) is 0 Å². The Hall–Kier alpha value is -2.31. The Balaban J connectivity index is 1.99. The standard InChI is InChI=1S/C14H19N3O4/c1-13(2,3)21-12(20)17-14(5-6-14)11(19)16-9-4-7-15-8-10(9)18/h4,7-8,18H,5-6H2,1-3H3,(H,17,20)(H,15,16,19). The van der Waals surface area contributed by atoms with Crippen LogP contribution in [-0.2, 0) is 9.53 Å². The molecule has 0 aliphatic heterocycles. The van der Waals surface area contributed by atoms with Crippen molar-refractivity contribution >= 4 is 17.7 Å². The highest BCUT2D eigenvalue weighted by Gasteiger charge is 2.52. The van der Waals surface area contributed by atoms with E-state index in [2.05, 4.69) is 15.6 Å². The molecule has 1 aromatic rings. The summed E-state index contributed by atoms with van der Waals surface area (Å²) in [5.74, 6) is -0.506. The maximum atomic E-state index is 12.2. The molecule has 2 rings (SSSR count). The van der Waals surface area contributed by atoms with Crippen molar-refractivity contribution < 1.29 is 19.4 Å². The fourth-order valence-electron chi connectivity index (χ4n) is 1.77. The number of carbonyl (C=O) groups excluding carboxylic acids is 2. The summed E-state index contributed by atoms with van der Waals surface area (Å²) in [4.78, 5) is 27.7. The topological polar surface area (TPSA) is 101 Å². The zero-order valence-electron chi connectivity index (χ0n) is 12.3. The predicted molar refractivity (Wildman–Crippen MR) is 75.9 cm³/mol. The van der Waals surface area contributed by atoms with Gasteiger partial charge < -0.3 is 20.5 Å². The second kappa shape index (κ2) is 5.23. The Morgan fingerprint density at radius 2 is 2.05 bits per heavy atom. The van der Waals surface area contributed by atoms with Crippen molar-refractivity contribution in [3.05, 3.63) is 18.5 Å². The van der Waals surface area contributed by atoms with Gasteiger partial charge in [-0.1, -0.05) is 0 Å². The monoisotopic (exact) mass is 293 g/mol. The molecule has 0 radical (unpaired) electrons. The van der Waals surface area contributed by atoms with Gasteiger partial charge in [0.1, 0.15) is 11.1 Å². The molecular weight excluding hydrogens is 274 g/mol. The summed E-state index contributed by atoms with van der Waals surface area (Å²) in [6.45, 7) is 5.25. The summed E-state index contributed by atoms with van der Waals surface area (Å²) in [5.41, 5.74) is -1.33. The lowest BCUT2D eigenvalue weighted by atomic mass is 10.2. The number of hydrogen-bond donors (Lipinski definition) is 3. The number of aromatic nitrogens is 1. The van der Waals surface area contributed by atoms with E-state index < -0.39 is 17.2 Å². The fourth-order valence-corrected chi connectivity index (χ4v) is 1.77. The summed E-state index contributed by atoms with van der Waals surface area (Å²) < 4.78 is 5.15. The molecule has 0 spiro atoms. The molecule has 7 heteroatoms. The normalized spacial score (nSPS) is 16.0. The van der Waals surface area contributed by atoms with Crippen LogP contribution in [0.5, 0.6) is 5.75 Å². The lowest BCUT2D eigenvalue weighted by Gasteiger charge is -2.23. The molecule has 1 saturated carbocycles. The van der Waals surface area contributed by atoms with Crippen molar-refractivity contribution in [1.82, 2.24) is 10.3 Å². The summed E-state index contributed by atoms with van der Waals surface area (Å²) in [6, 6.07) is 1.48. The zero-order valence-corrected chi connectivity index (χ0v) is 12.3. The minimum Gasteiger partial charge on any atom is -0.504 e. The van der Waals surface area contributed by atoms with Gasteiger partial charge in [-0.3, -0.25) is 9.78 Å². The highest BCUT2D eigenvalue weighted by molar-refractivity contribution is 6.02. The van der Waals surface area contributed by atoms with Gasteiger partial charge in [-0.15, -0.1) is 0 Å². The van der Waals surface area contributed by atoms with E-state index >= 15 is 0 Å². The maximum absolute atomic E-state index is 12.2. The highest BCUT2D eigenvalue weighted by atomic mass is 16.6. The van der Waals surface area contributed by atoms with Crippen molar-refractivity contribution in [1.29, 1.82) is 0 Å². The Kier molecular flexibility index (Phi) is 3.76. The third-order valence-corrected chi connectivity index (χ3v) is 2.97. The first-order chi connectivity index (χ1) is 9.72. The molecule has 0 saturated heterocycles. The Morgan fingerprint density at radius 3 is 2.57 bits per heavy atom. The summed E-state index contributed by atoms with van der Waals surface area (Å²) >= 11 is 0. The van der Waals surface area contributed by atoms with Crippen LogP contribution in [0.4, 0.5) is 10.5 Å². The molecule has 0 bridgehead atoms. The number of hydrogen-bond acceptors (Lipinski definition) is 5. The number of aromatic hydroxyl groups is 1. The Morgan fingerprint density at radius 1 is 1.38 bits per heavy atom. The second-order valence-corrected chi connectivity index (χ2v) is 6.06. The van der Waals surface area contributed by atoms with Crippen LogP contribution in [-0.4, -0.2) is 33.2 Å². The van der Waals surface area contributed by atoms with Crippen LogP contribution in [0.3, 0.4) is 0 Å². The van der Waals surface area contributed by atoms with Crippen LogP contribution in [0.25, 0.3) is 0 Å². The van der Waals surface area contributed by atoms with Gasteiger partial charge in [0.25, 0.3) is 0 Å². The van der Waals surface area contributed by atoms with E-state index in [0.29, 0.717) is 12.8 Å². The van der Waals surface area contributed by atoms with Gasteiger partial charge in [-0.25, -0.2) is 4.79 Å². The van der Waals surface area contributed by atoms with E-state index in [1.54, 1.807) is 20.8 Å². The van der Waals surface area contributed by atoms with Gasteiger partial charge in [0, 0.05) is 6.20 Å². The molecule has 3 N–H and O–H groups in total. The molecule has 21 heavy (non-hydrogen) atoms. The number of ether oxygens (including phenoxy) is 1. The van der Waals surface area contributed by atoms with Gasteiger partial charge >= 0.3 is 6.09 Å². The molecule has 114 valence electrons. The average Bonchev–Trinajstić information content (AvgIpc) is 3.10. The van der Waals surface area contributed by atoms with Crippen LogP contribution in [0.1, 0.15) is 33.6 Å². The quantitative estimate of drug-likeness (QED) is 0.788. The first kappa shape index (κ1) is 15.1. The molecule has 2 amide bonds.